The molecule has 1 rings (SSSR count). The zero-order chi connectivity index (χ0) is 12.3. The molecule has 0 atom stereocenters. The van der Waals surface area contributed by atoms with E-state index in [4.69, 9.17) is 14.2 Å². The Balaban J connectivity index is 1.87. The van der Waals surface area contributed by atoms with Crippen molar-refractivity contribution in [2.75, 3.05) is 40.1 Å². The fourth-order valence-electron chi connectivity index (χ4n) is 1.87. The van der Waals surface area contributed by atoms with Crippen molar-refractivity contribution in [2.45, 2.75) is 31.7 Å². The molecule has 0 unspecified atom stereocenters. The first-order chi connectivity index (χ1) is 8.33. The van der Waals surface area contributed by atoms with Crippen LogP contribution in [0, 0.1) is 0 Å². The van der Waals surface area contributed by atoms with Gasteiger partial charge in [0.15, 0.2) is 0 Å². The van der Waals surface area contributed by atoms with Crippen molar-refractivity contribution in [2.24, 2.45) is 0 Å². The molecule has 5 nitrogen and oxygen atoms in total. The second-order valence-corrected chi connectivity index (χ2v) is 4.19. The Morgan fingerprint density at radius 1 is 1.18 bits per heavy atom. The molecule has 0 amide bonds. The number of hydrogen-bond acceptors (Lipinski definition) is 5. The van der Waals surface area contributed by atoms with Gasteiger partial charge in [0.2, 0.25) is 0 Å². The van der Waals surface area contributed by atoms with E-state index < -0.39 is 0 Å². The topological polar surface area (TPSA) is 56.8 Å². The van der Waals surface area contributed by atoms with Gasteiger partial charge >= 0.3 is 5.97 Å². The van der Waals surface area contributed by atoms with E-state index in [1.165, 1.54) is 25.7 Å². The van der Waals surface area contributed by atoms with Gasteiger partial charge in [0.1, 0.15) is 6.61 Å². The summed E-state index contributed by atoms with van der Waals surface area (Å²) in [6.45, 7) is 2.15. The van der Waals surface area contributed by atoms with Crippen LogP contribution < -0.4 is 5.32 Å². The van der Waals surface area contributed by atoms with Crippen molar-refractivity contribution in [1.82, 2.24) is 5.32 Å². The van der Waals surface area contributed by atoms with Crippen LogP contribution in [0.5, 0.6) is 0 Å². The van der Waals surface area contributed by atoms with Crippen molar-refractivity contribution in [3.8, 4) is 0 Å². The Labute approximate surface area is 103 Å². The lowest BCUT2D eigenvalue weighted by Crippen LogP contribution is -2.32. The van der Waals surface area contributed by atoms with E-state index in [9.17, 15) is 4.79 Å². The first-order valence-corrected chi connectivity index (χ1v) is 6.28. The minimum Gasteiger partial charge on any atom is -0.462 e. The third kappa shape index (κ3) is 7.31. The van der Waals surface area contributed by atoms with Gasteiger partial charge in [-0.25, -0.2) is 0 Å². The predicted octanol–water partition coefficient (Wildman–Crippen LogP) is 0.725. The highest BCUT2D eigenvalue weighted by Crippen LogP contribution is 2.17. The van der Waals surface area contributed by atoms with E-state index in [1.54, 1.807) is 7.11 Å². The highest BCUT2D eigenvalue weighted by molar-refractivity contribution is 5.71. The summed E-state index contributed by atoms with van der Waals surface area (Å²) in [5.41, 5.74) is 0. The summed E-state index contributed by atoms with van der Waals surface area (Å²) in [5.74, 6) is -0.202. The Kier molecular flexibility index (Phi) is 7.96. The zero-order valence-electron chi connectivity index (χ0n) is 10.6. The summed E-state index contributed by atoms with van der Waals surface area (Å²) in [5, 5.41) is 3.21. The van der Waals surface area contributed by atoms with Crippen molar-refractivity contribution in [3.63, 3.8) is 0 Å². The van der Waals surface area contributed by atoms with Crippen LogP contribution in [0.25, 0.3) is 0 Å². The molecule has 0 aliphatic heterocycles. The molecule has 0 radical (unpaired) electrons. The van der Waals surface area contributed by atoms with E-state index >= 15 is 0 Å². The fraction of sp³-hybridized carbons (Fsp3) is 0.917. The van der Waals surface area contributed by atoms with Crippen LogP contribution in [-0.4, -0.2) is 52.1 Å². The fourth-order valence-corrected chi connectivity index (χ4v) is 1.87. The molecule has 1 fully saturated rings. The second-order valence-electron chi connectivity index (χ2n) is 4.19. The van der Waals surface area contributed by atoms with Gasteiger partial charge < -0.3 is 19.5 Å². The van der Waals surface area contributed by atoms with E-state index in [-0.39, 0.29) is 5.97 Å². The van der Waals surface area contributed by atoms with Crippen LogP contribution in [0.1, 0.15) is 25.7 Å². The smallest absolute Gasteiger partial charge is 0.320 e. The molecule has 0 heterocycles. The van der Waals surface area contributed by atoms with E-state index in [0.29, 0.717) is 39.0 Å². The van der Waals surface area contributed by atoms with Gasteiger partial charge in [-0.05, 0) is 12.8 Å². The number of nitrogens with one attached hydrogen (secondary N) is 1. The maximum Gasteiger partial charge on any atom is 0.320 e. The first kappa shape index (κ1) is 14.4. The number of ether oxygens (including phenoxy) is 3. The number of hydrogen-bond donors (Lipinski definition) is 1. The summed E-state index contributed by atoms with van der Waals surface area (Å²) >= 11 is 0. The van der Waals surface area contributed by atoms with Crippen molar-refractivity contribution in [1.29, 1.82) is 0 Å². The van der Waals surface area contributed by atoms with Crippen LogP contribution in [0.2, 0.25) is 0 Å². The van der Waals surface area contributed by atoms with Crippen molar-refractivity contribution < 1.29 is 19.0 Å². The SMILES string of the molecule is COCCOCCOC(=O)CNC1CCCC1. The number of carbonyl (C=O) groups is 1. The molecule has 0 saturated heterocycles. The predicted molar refractivity (Wildman–Crippen MR) is 63.9 cm³/mol. The largest absolute Gasteiger partial charge is 0.462 e. The average molecular weight is 245 g/mol. The molecular weight excluding hydrogens is 222 g/mol. The van der Waals surface area contributed by atoms with Gasteiger partial charge in [0, 0.05) is 13.2 Å². The van der Waals surface area contributed by atoms with Crippen LogP contribution in [-0.2, 0) is 19.0 Å². The molecule has 1 aliphatic carbocycles. The lowest BCUT2D eigenvalue weighted by Gasteiger charge is -2.11. The van der Waals surface area contributed by atoms with Crippen molar-refractivity contribution >= 4 is 5.97 Å². The minimum atomic E-state index is -0.202. The summed E-state index contributed by atoms with van der Waals surface area (Å²) in [6, 6.07) is 0.500. The molecular formula is C12H23NO4. The van der Waals surface area contributed by atoms with Crippen LogP contribution in [0.4, 0.5) is 0 Å². The molecule has 0 aromatic rings. The molecule has 1 N–H and O–H groups in total. The highest BCUT2D eigenvalue weighted by atomic mass is 16.6. The summed E-state index contributed by atoms with van der Waals surface area (Å²) in [7, 11) is 1.62. The summed E-state index contributed by atoms with van der Waals surface area (Å²) in [4.78, 5) is 11.3. The van der Waals surface area contributed by atoms with Crippen LogP contribution >= 0.6 is 0 Å². The van der Waals surface area contributed by atoms with Crippen LogP contribution in [0.15, 0.2) is 0 Å². The van der Waals surface area contributed by atoms with Crippen molar-refractivity contribution in [3.05, 3.63) is 0 Å². The van der Waals surface area contributed by atoms with E-state index in [1.807, 2.05) is 0 Å². The third-order valence-electron chi connectivity index (χ3n) is 2.81. The molecule has 0 aromatic carbocycles. The minimum absolute atomic E-state index is 0.202. The second kappa shape index (κ2) is 9.39. The molecule has 1 saturated carbocycles. The number of rotatable bonds is 9. The number of carbonyl (C=O) groups excluding carboxylic acids is 1. The maximum absolute atomic E-state index is 11.3. The van der Waals surface area contributed by atoms with E-state index in [2.05, 4.69) is 5.32 Å². The van der Waals surface area contributed by atoms with Gasteiger partial charge in [-0.3, -0.25) is 4.79 Å². The number of methoxy groups -OCH3 is 1. The quantitative estimate of drug-likeness (QED) is 0.479. The molecule has 17 heavy (non-hydrogen) atoms. The van der Waals surface area contributed by atoms with Crippen LogP contribution in [0.3, 0.4) is 0 Å². The zero-order valence-corrected chi connectivity index (χ0v) is 10.6. The Morgan fingerprint density at radius 2 is 1.88 bits per heavy atom. The normalized spacial score (nSPS) is 16.3. The lowest BCUT2D eigenvalue weighted by molar-refractivity contribution is -0.144. The monoisotopic (exact) mass is 245 g/mol. The number of esters is 1. The molecule has 100 valence electrons. The average Bonchev–Trinajstić information content (AvgIpc) is 2.84. The summed E-state index contributed by atoms with van der Waals surface area (Å²) in [6.07, 6.45) is 4.88. The molecule has 5 heteroatoms. The van der Waals surface area contributed by atoms with Gasteiger partial charge in [0.05, 0.1) is 26.4 Å². The Morgan fingerprint density at radius 3 is 2.59 bits per heavy atom. The van der Waals surface area contributed by atoms with Gasteiger partial charge in [0.25, 0.3) is 0 Å². The maximum atomic E-state index is 11.3. The lowest BCUT2D eigenvalue weighted by atomic mass is 10.2. The van der Waals surface area contributed by atoms with Gasteiger partial charge in [-0.1, -0.05) is 12.8 Å². The molecule has 1 aliphatic rings. The van der Waals surface area contributed by atoms with Gasteiger partial charge in [-0.2, -0.15) is 0 Å². The Hall–Kier alpha value is -0.650. The molecule has 0 bridgehead atoms. The highest BCUT2D eigenvalue weighted by Gasteiger charge is 2.15. The molecule has 0 spiro atoms. The Bertz CT molecular complexity index is 205. The summed E-state index contributed by atoms with van der Waals surface area (Å²) < 4.78 is 15.0. The first-order valence-electron chi connectivity index (χ1n) is 6.28. The third-order valence-corrected chi connectivity index (χ3v) is 2.81. The van der Waals surface area contributed by atoms with E-state index in [0.717, 1.165) is 0 Å². The standard InChI is InChI=1S/C12H23NO4/c1-15-6-7-16-8-9-17-12(14)10-13-11-4-2-3-5-11/h11,13H,2-10H2,1H3. The molecule has 0 aromatic heterocycles. The van der Waals surface area contributed by atoms with Gasteiger partial charge in [-0.15, -0.1) is 0 Å².